The Kier molecular flexibility index (Phi) is 2.90. The van der Waals surface area contributed by atoms with Gasteiger partial charge in [-0.2, -0.15) is 0 Å². The summed E-state index contributed by atoms with van der Waals surface area (Å²) in [6, 6.07) is 0.993. The van der Waals surface area contributed by atoms with Crippen LogP contribution in [-0.2, 0) is 9.53 Å². The number of carbonyl (C=O) groups is 1. The summed E-state index contributed by atoms with van der Waals surface area (Å²) in [5, 5.41) is 0. The average Bonchev–Trinajstić information content (AvgIpc) is 1.63. The maximum absolute atomic E-state index is 10.4. The van der Waals surface area contributed by atoms with E-state index in [4.69, 9.17) is 4.74 Å². The molecule has 0 rings (SSSR count). The molecular weight excluding hydrogens is 132 g/mol. The maximum atomic E-state index is 10.4. The first-order chi connectivity index (χ1) is 3.98. The van der Waals surface area contributed by atoms with Crippen LogP contribution in [0.3, 0.4) is 0 Å². The molecule has 0 N–H and O–H groups in total. The van der Waals surface area contributed by atoms with Gasteiger partial charge in [-0.15, -0.1) is 0 Å². The summed E-state index contributed by atoms with van der Waals surface area (Å²) >= 11 is 0. The van der Waals surface area contributed by atoms with Gasteiger partial charge in [0, 0.05) is 17.2 Å². The Morgan fingerprint density at radius 2 is 2.11 bits per heavy atom. The van der Waals surface area contributed by atoms with Crippen molar-refractivity contribution in [3.8, 4) is 0 Å². The number of carbonyl (C=O) groups excluding carboxylic acids is 1. The van der Waals surface area contributed by atoms with Crippen LogP contribution in [0.4, 0.5) is 0 Å². The fourth-order valence-electron chi connectivity index (χ4n) is 0.461. The summed E-state index contributed by atoms with van der Waals surface area (Å²) in [5.74, 6) is -0.184. The molecule has 0 aliphatic rings. The van der Waals surface area contributed by atoms with Crippen LogP contribution in [0, 0.1) is 0 Å². The van der Waals surface area contributed by atoms with Crippen LogP contribution in [0.2, 0.25) is 6.04 Å². The molecule has 0 unspecified atom stereocenters. The van der Waals surface area contributed by atoms with Gasteiger partial charge in [0.05, 0.1) is 0 Å². The van der Waals surface area contributed by atoms with Crippen molar-refractivity contribution in [2.75, 3.05) is 0 Å². The van der Waals surface area contributed by atoms with Crippen molar-refractivity contribution in [2.24, 2.45) is 0 Å². The highest BCUT2D eigenvalue weighted by molar-refractivity contribution is 6.09. The Morgan fingerprint density at radius 3 is 2.22 bits per heavy atom. The van der Waals surface area contributed by atoms with Crippen molar-refractivity contribution < 1.29 is 9.53 Å². The molecule has 0 heterocycles. The lowest BCUT2D eigenvalue weighted by Gasteiger charge is -2.21. The molecule has 0 aliphatic carbocycles. The molecule has 0 saturated carbocycles. The van der Waals surface area contributed by atoms with Crippen LogP contribution in [0.5, 0.6) is 0 Å². The molecule has 0 saturated heterocycles. The normalized spacial score (nSPS) is 11.4. The van der Waals surface area contributed by atoms with Gasteiger partial charge in [-0.25, -0.2) is 0 Å². The van der Waals surface area contributed by atoms with Gasteiger partial charge in [0.25, 0.3) is 0 Å². The molecule has 3 heteroatoms. The smallest absolute Gasteiger partial charge is 0.303 e. The van der Waals surface area contributed by atoms with Gasteiger partial charge in [-0.3, -0.25) is 4.79 Å². The zero-order chi connectivity index (χ0) is 7.49. The van der Waals surface area contributed by atoms with Gasteiger partial charge >= 0.3 is 5.97 Å². The third-order valence-electron chi connectivity index (χ3n) is 1.27. The first kappa shape index (κ1) is 8.69. The van der Waals surface area contributed by atoms with E-state index in [1.165, 1.54) is 6.92 Å². The number of hydrogen-bond donors (Lipinski definition) is 0. The molecule has 0 aromatic heterocycles. The summed E-state index contributed by atoms with van der Waals surface area (Å²) in [7, 11) is 1.08. The van der Waals surface area contributed by atoms with Crippen molar-refractivity contribution in [1.29, 1.82) is 0 Å². The van der Waals surface area contributed by atoms with E-state index in [2.05, 4.69) is 0 Å². The molecule has 9 heavy (non-hydrogen) atoms. The van der Waals surface area contributed by atoms with E-state index in [0.717, 1.165) is 16.3 Å². The number of ether oxygens (including phenoxy) is 1. The van der Waals surface area contributed by atoms with Gasteiger partial charge in [-0.05, 0) is 19.9 Å². The fourth-order valence-corrected chi connectivity index (χ4v) is 0.606. The Balaban J connectivity index is 3.71. The Hall–Kier alpha value is -0.313. The zero-order valence-corrected chi connectivity index (χ0v) is 8.52. The lowest BCUT2D eigenvalue weighted by Crippen LogP contribution is -2.25. The fraction of sp³-hybridized carbons (Fsp3) is 0.833. The van der Waals surface area contributed by atoms with Gasteiger partial charge in [0.1, 0.15) is 5.60 Å². The Morgan fingerprint density at radius 1 is 1.67 bits per heavy atom. The predicted octanol–water partition coefficient (Wildman–Crippen LogP) is 0.112. The summed E-state index contributed by atoms with van der Waals surface area (Å²) in [4.78, 5) is 10.4. The van der Waals surface area contributed by atoms with Crippen molar-refractivity contribution in [1.82, 2.24) is 0 Å². The SMILES string of the molecule is CC(=O)OC(C)(C)C[SiH3]. The molecule has 54 valence electrons. The van der Waals surface area contributed by atoms with Crippen molar-refractivity contribution in [3.63, 3.8) is 0 Å². The molecule has 0 fully saturated rings. The summed E-state index contributed by atoms with van der Waals surface area (Å²) in [6.45, 7) is 5.31. The van der Waals surface area contributed by atoms with E-state index in [1.54, 1.807) is 0 Å². The highest BCUT2D eigenvalue weighted by atomic mass is 28.1. The van der Waals surface area contributed by atoms with Crippen LogP contribution in [0.1, 0.15) is 20.8 Å². The van der Waals surface area contributed by atoms with Crippen LogP contribution >= 0.6 is 0 Å². The molecule has 0 aliphatic heterocycles. The van der Waals surface area contributed by atoms with E-state index >= 15 is 0 Å². The summed E-state index contributed by atoms with van der Waals surface area (Å²) in [5.41, 5.74) is -0.224. The van der Waals surface area contributed by atoms with E-state index in [9.17, 15) is 4.79 Å². The monoisotopic (exact) mass is 146 g/mol. The van der Waals surface area contributed by atoms with Gasteiger partial charge < -0.3 is 4.74 Å². The number of esters is 1. The minimum absolute atomic E-state index is 0.184. The maximum Gasteiger partial charge on any atom is 0.303 e. The number of rotatable bonds is 2. The van der Waals surface area contributed by atoms with Crippen LogP contribution in [-0.4, -0.2) is 21.8 Å². The van der Waals surface area contributed by atoms with E-state index in [-0.39, 0.29) is 11.6 Å². The molecule has 0 atom stereocenters. The van der Waals surface area contributed by atoms with Crippen molar-refractivity contribution >= 4 is 16.2 Å². The first-order valence-corrected chi connectivity index (χ1v) is 4.59. The van der Waals surface area contributed by atoms with Gasteiger partial charge in [0.15, 0.2) is 0 Å². The van der Waals surface area contributed by atoms with Crippen molar-refractivity contribution in [2.45, 2.75) is 32.4 Å². The molecular formula is C6H14O2Si. The molecule has 0 amide bonds. The second kappa shape index (κ2) is 3.01. The second-order valence-electron chi connectivity index (χ2n) is 2.71. The predicted molar refractivity (Wildman–Crippen MR) is 40.6 cm³/mol. The largest absolute Gasteiger partial charge is 0.460 e. The van der Waals surface area contributed by atoms with Crippen LogP contribution in [0.25, 0.3) is 0 Å². The third kappa shape index (κ3) is 4.21. The first-order valence-electron chi connectivity index (χ1n) is 3.17. The van der Waals surface area contributed by atoms with E-state index in [0.29, 0.717) is 0 Å². The lowest BCUT2D eigenvalue weighted by atomic mass is 10.2. The highest BCUT2D eigenvalue weighted by Gasteiger charge is 2.17. The second-order valence-corrected chi connectivity index (χ2v) is 3.41. The Bertz CT molecular complexity index is 110. The van der Waals surface area contributed by atoms with Crippen LogP contribution < -0.4 is 0 Å². The third-order valence-corrected chi connectivity index (χ3v) is 2.97. The molecule has 0 bridgehead atoms. The highest BCUT2D eigenvalue weighted by Crippen LogP contribution is 2.12. The van der Waals surface area contributed by atoms with E-state index < -0.39 is 0 Å². The minimum Gasteiger partial charge on any atom is -0.460 e. The standard InChI is InChI=1S/C6H14O2Si/c1-5(7)8-6(2,3)4-9/h4H2,1-3,9H3. The average molecular weight is 146 g/mol. The quantitative estimate of drug-likeness (QED) is 0.408. The molecule has 0 aromatic rings. The van der Waals surface area contributed by atoms with Gasteiger partial charge in [-0.1, -0.05) is 0 Å². The van der Waals surface area contributed by atoms with Gasteiger partial charge in [0.2, 0.25) is 0 Å². The molecule has 0 aromatic carbocycles. The molecule has 0 radical (unpaired) electrons. The number of hydrogen-bond acceptors (Lipinski definition) is 2. The molecule has 2 nitrogen and oxygen atoms in total. The zero-order valence-electron chi connectivity index (χ0n) is 6.52. The molecule has 0 spiro atoms. The van der Waals surface area contributed by atoms with E-state index in [1.807, 2.05) is 13.8 Å². The Labute approximate surface area is 59.0 Å². The minimum atomic E-state index is -0.224. The lowest BCUT2D eigenvalue weighted by molar-refractivity contribution is -0.151. The van der Waals surface area contributed by atoms with Crippen LogP contribution in [0.15, 0.2) is 0 Å². The topological polar surface area (TPSA) is 26.3 Å². The van der Waals surface area contributed by atoms with Crippen molar-refractivity contribution in [3.05, 3.63) is 0 Å². The summed E-state index contributed by atoms with van der Waals surface area (Å²) < 4.78 is 4.98. The summed E-state index contributed by atoms with van der Waals surface area (Å²) in [6.07, 6.45) is 0.